The fourth-order valence-electron chi connectivity index (χ4n) is 3.14. The molecule has 1 aromatic heterocycles. The van der Waals surface area contributed by atoms with Crippen LogP contribution in [0.1, 0.15) is 41.1 Å². The van der Waals surface area contributed by atoms with Crippen LogP contribution in [0.4, 0.5) is 0 Å². The topological polar surface area (TPSA) is 52.2 Å². The van der Waals surface area contributed by atoms with E-state index >= 15 is 0 Å². The van der Waals surface area contributed by atoms with Crippen LogP contribution in [0.15, 0.2) is 36.4 Å². The summed E-state index contributed by atoms with van der Waals surface area (Å²) in [6, 6.07) is 12.2. The van der Waals surface area contributed by atoms with E-state index in [1.165, 1.54) is 5.56 Å². The van der Waals surface area contributed by atoms with Crippen LogP contribution in [-0.4, -0.2) is 52.6 Å². The lowest BCUT2D eigenvalue weighted by molar-refractivity contribution is 0.0492. The van der Waals surface area contributed by atoms with Crippen LogP contribution in [0.2, 0.25) is 0 Å². The summed E-state index contributed by atoms with van der Waals surface area (Å²) in [5, 5.41) is 7.21. The summed E-state index contributed by atoms with van der Waals surface area (Å²) in [7, 11) is 2.10. The van der Waals surface area contributed by atoms with Crippen LogP contribution < -0.4 is 0 Å². The average Bonchev–Trinajstić information content (AvgIpc) is 3.04. The second kappa shape index (κ2) is 6.96. The Labute approximate surface area is 137 Å². The lowest BCUT2D eigenvalue weighted by atomic mass is 10.0. The largest absolute Gasteiger partial charge is 0.328 e. The van der Waals surface area contributed by atoms with Gasteiger partial charge in [0, 0.05) is 25.3 Å². The molecule has 0 spiro atoms. The predicted octanol–water partition coefficient (Wildman–Crippen LogP) is 2.49. The summed E-state index contributed by atoms with van der Waals surface area (Å²) in [6.07, 6.45) is 1.96. The van der Waals surface area contributed by atoms with Crippen molar-refractivity contribution in [2.45, 2.75) is 25.8 Å². The number of aryl methyl sites for hydroxylation is 1. The molecule has 5 heteroatoms. The molecule has 1 fully saturated rings. The van der Waals surface area contributed by atoms with Crippen LogP contribution in [-0.2, 0) is 6.42 Å². The predicted molar refractivity (Wildman–Crippen MR) is 90.3 cm³/mol. The van der Waals surface area contributed by atoms with E-state index in [9.17, 15) is 4.79 Å². The molecule has 23 heavy (non-hydrogen) atoms. The van der Waals surface area contributed by atoms with Crippen molar-refractivity contribution < 1.29 is 4.79 Å². The first-order valence-electron chi connectivity index (χ1n) is 8.27. The lowest BCUT2D eigenvalue weighted by Crippen LogP contribution is -2.49. The van der Waals surface area contributed by atoms with Gasteiger partial charge in [-0.1, -0.05) is 43.7 Å². The third-order valence-electron chi connectivity index (χ3n) is 4.40. The number of benzene rings is 1. The normalized spacial score (nSPS) is 19.0. The smallest absolute Gasteiger partial charge is 0.274 e. The molecule has 1 N–H and O–H groups in total. The van der Waals surface area contributed by atoms with Crippen molar-refractivity contribution in [1.29, 1.82) is 0 Å². The van der Waals surface area contributed by atoms with Crippen molar-refractivity contribution in [3.63, 3.8) is 0 Å². The lowest BCUT2D eigenvalue weighted by Gasteiger charge is -2.40. The number of rotatable bonds is 4. The monoisotopic (exact) mass is 312 g/mol. The van der Waals surface area contributed by atoms with E-state index in [1.807, 2.05) is 29.2 Å². The molecule has 5 nitrogen and oxygen atoms in total. The van der Waals surface area contributed by atoms with Gasteiger partial charge < -0.3 is 9.80 Å². The standard InChI is InChI=1S/C18H24N4O/c1-3-7-15-12-16(20-19-15)18(23)22-11-10-21(2)13-17(22)14-8-5-4-6-9-14/h4-6,8-9,12,17H,3,7,10-11,13H2,1-2H3,(H,19,20). The van der Waals surface area contributed by atoms with Crippen LogP contribution in [0.25, 0.3) is 0 Å². The van der Waals surface area contributed by atoms with Gasteiger partial charge in [-0.2, -0.15) is 5.10 Å². The molecule has 122 valence electrons. The average molecular weight is 312 g/mol. The number of carbonyl (C=O) groups excluding carboxylic acids is 1. The first kappa shape index (κ1) is 15.7. The quantitative estimate of drug-likeness (QED) is 0.943. The molecule has 2 aromatic rings. The summed E-state index contributed by atoms with van der Waals surface area (Å²) in [4.78, 5) is 17.2. The molecule has 0 saturated carbocycles. The molecule has 1 amide bonds. The van der Waals surface area contributed by atoms with Gasteiger partial charge in [0.05, 0.1) is 6.04 Å². The number of hydrogen-bond acceptors (Lipinski definition) is 3. The fraction of sp³-hybridized carbons (Fsp3) is 0.444. The van der Waals surface area contributed by atoms with E-state index in [4.69, 9.17) is 0 Å². The van der Waals surface area contributed by atoms with Crippen LogP contribution in [0.3, 0.4) is 0 Å². The second-order valence-corrected chi connectivity index (χ2v) is 6.22. The molecule has 1 aliphatic heterocycles. The molecule has 0 radical (unpaired) electrons. The van der Waals surface area contributed by atoms with Gasteiger partial charge in [0.1, 0.15) is 5.69 Å². The Bertz CT molecular complexity index is 652. The Balaban J connectivity index is 1.84. The molecule has 2 heterocycles. The number of amides is 1. The van der Waals surface area contributed by atoms with Gasteiger partial charge in [0.2, 0.25) is 0 Å². The van der Waals surface area contributed by atoms with Gasteiger partial charge in [0.15, 0.2) is 0 Å². The third kappa shape index (κ3) is 3.45. The van der Waals surface area contributed by atoms with Gasteiger partial charge in [-0.25, -0.2) is 0 Å². The van der Waals surface area contributed by atoms with Gasteiger partial charge >= 0.3 is 0 Å². The Kier molecular flexibility index (Phi) is 4.76. The number of aromatic nitrogens is 2. The third-order valence-corrected chi connectivity index (χ3v) is 4.40. The maximum atomic E-state index is 12.9. The Morgan fingerprint density at radius 3 is 2.83 bits per heavy atom. The molecule has 3 rings (SSSR count). The van der Waals surface area contributed by atoms with Crippen molar-refractivity contribution >= 4 is 5.91 Å². The highest BCUT2D eigenvalue weighted by Gasteiger charge is 2.31. The van der Waals surface area contributed by atoms with E-state index in [2.05, 4.69) is 41.2 Å². The van der Waals surface area contributed by atoms with Gasteiger partial charge in [-0.05, 0) is 25.1 Å². The zero-order valence-corrected chi connectivity index (χ0v) is 13.8. The summed E-state index contributed by atoms with van der Waals surface area (Å²) in [6.45, 7) is 4.59. The minimum absolute atomic E-state index is 0.0190. The second-order valence-electron chi connectivity index (χ2n) is 6.22. The summed E-state index contributed by atoms with van der Waals surface area (Å²) in [5.41, 5.74) is 2.73. The summed E-state index contributed by atoms with van der Waals surface area (Å²) < 4.78 is 0. The Morgan fingerprint density at radius 2 is 2.09 bits per heavy atom. The highest BCUT2D eigenvalue weighted by Crippen LogP contribution is 2.26. The molecule has 1 aromatic carbocycles. The number of likely N-dealkylation sites (N-methyl/N-ethyl adjacent to an activating group) is 1. The highest BCUT2D eigenvalue weighted by molar-refractivity contribution is 5.92. The van der Waals surface area contributed by atoms with Crippen molar-refractivity contribution in [2.24, 2.45) is 0 Å². The summed E-state index contributed by atoms with van der Waals surface area (Å²) >= 11 is 0. The minimum atomic E-state index is 0.0190. The molecule has 1 atom stereocenters. The number of piperazine rings is 1. The number of nitrogens with zero attached hydrogens (tertiary/aromatic N) is 3. The zero-order chi connectivity index (χ0) is 16.2. The van der Waals surface area contributed by atoms with E-state index in [-0.39, 0.29) is 11.9 Å². The Hall–Kier alpha value is -2.14. The van der Waals surface area contributed by atoms with Crippen molar-refractivity contribution in [3.05, 3.63) is 53.3 Å². The fourth-order valence-corrected chi connectivity index (χ4v) is 3.14. The summed E-state index contributed by atoms with van der Waals surface area (Å²) in [5.74, 6) is 0.0190. The number of nitrogens with one attached hydrogen (secondary N) is 1. The van der Waals surface area contributed by atoms with Gasteiger partial charge in [-0.15, -0.1) is 0 Å². The SMILES string of the molecule is CCCc1cc(C(=O)N2CCN(C)CC2c2ccccc2)n[nH]1. The van der Waals surface area contributed by atoms with Gasteiger partial charge in [-0.3, -0.25) is 9.89 Å². The molecule has 1 saturated heterocycles. The Morgan fingerprint density at radius 1 is 1.30 bits per heavy atom. The number of hydrogen-bond donors (Lipinski definition) is 1. The van der Waals surface area contributed by atoms with Crippen LogP contribution >= 0.6 is 0 Å². The zero-order valence-electron chi connectivity index (χ0n) is 13.8. The van der Waals surface area contributed by atoms with E-state index in [0.29, 0.717) is 5.69 Å². The van der Waals surface area contributed by atoms with Crippen molar-refractivity contribution in [2.75, 3.05) is 26.7 Å². The van der Waals surface area contributed by atoms with Crippen molar-refractivity contribution in [3.8, 4) is 0 Å². The molecule has 1 aliphatic rings. The van der Waals surface area contributed by atoms with E-state index in [0.717, 1.165) is 38.2 Å². The first-order valence-corrected chi connectivity index (χ1v) is 8.27. The van der Waals surface area contributed by atoms with Crippen LogP contribution in [0, 0.1) is 0 Å². The molecule has 0 bridgehead atoms. The van der Waals surface area contributed by atoms with E-state index in [1.54, 1.807) is 0 Å². The first-order chi connectivity index (χ1) is 11.2. The minimum Gasteiger partial charge on any atom is -0.328 e. The highest BCUT2D eigenvalue weighted by atomic mass is 16.2. The number of aromatic amines is 1. The number of carbonyl (C=O) groups is 1. The number of H-pyrrole nitrogens is 1. The van der Waals surface area contributed by atoms with Gasteiger partial charge in [0.25, 0.3) is 5.91 Å². The molecular weight excluding hydrogens is 288 g/mol. The van der Waals surface area contributed by atoms with Crippen LogP contribution in [0.5, 0.6) is 0 Å². The van der Waals surface area contributed by atoms with Crippen molar-refractivity contribution in [1.82, 2.24) is 20.0 Å². The maximum absolute atomic E-state index is 12.9. The molecular formula is C18H24N4O. The maximum Gasteiger partial charge on any atom is 0.274 e. The molecule has 1 unspecified atom stereocenters. The molecule has 0 aliphatic carbocycles. The van der Waals surface area contributed by atoms with E-state index < -0.39 is 0 Å².